The lowest BCUT2D eigenvalue weighted by Crippen LogP contribution is -2.12. The molecule has 1 aromatic heterocycles. The molecule has 2 aromatic rings. The van der Waals surface area contributed by atoms with Crippen LogP contribution in [0, 0.1) is 0 Å². The standard InChI is InChI=1S/C13H11Cl2N3O/c1-16-12-6-8(4-5-17-12)13(19)18-11-3-2-9(14)7-10(11)15/h2-7H,1H3,(H,16,17)(H,18,19). The van der Waals surface area contributed by atoms with Crippen molar-refractivity contribution in [3.8, 4) is 0 Å². The zero-order valence-electron chi connectivity index (χ0n) is 10.1. The maximum Gasteiger partial charge on any atom is 0.255 e. The van der Waals surface area contributed by atoms with E-state index in [-0.39, 0.29) is 5.91 Å². The van der Waals surface area contributed by atoms with Crippen LogP contribution in [0.25, 0.3) is 0 Å². The van der Waals surface area contributed by atoms with Gasteiger partial charge in [0.15, 0.2) is 0 Å². The third-order valence-corrected chi connectivity index (χ3v) is 3.01. The van der Waals surface area contributed by atoms with Gasteiger partial charge in [-0.1, -0.05) is 23.2 Å². The van der Waals surface area contributed by atoms with Crippen molar-refractivity contribution >= 4 is 40.6 Å². The van der Waals surface area contributed by atoms with Gasteiger partial charge in [-0.2, -0.15) is 0 Å². The van der Waals surface area contributed by atoms with Crippen molar-refractivity contribution < 1.29 is 4.79 Å². The third-order valence-electron chi connectivity index (χ3n) is 2.46. The molecule has 2 N–H and O–H groups in total. The minimum absolute atomic E-state index is 0.261. The van der Waals surface area contributed by atoms with Crippen LogP contribution in [0.15, 0.2) is 36.5 Å². The van der Waals surface area contributed by atoms with Gasteiger partial charge in [0.1, 0.15) is 5.82 Å². The number of aromatic nitrogens is 1. The number of benzene rings is 1. The number of amides is 1. The molecule has 4 nitrogen and oxygen atoms in total. The molecule has 2 rings (SSSR count). The molecule has 0 spiro atoms. The van der Waals surface area contributed by atoms with Gasteiger partial charge in [-0.05, 0) is 30.3 Å². The molecule has 0 bridgehead atoms. The number of hydrogen-bond acceptors (Lipinski definition) is 3. The zero-order valence-corrected chi connectivity index (χ0v) is 11.6. The molecule has 0 aliphatic rings. The first kappa shape index (κ1) is 13.6. The average molecular weight is 296 g/mol. The number of nitrogens with zero attached hydrogens (tertiary/aromatic N) is 1. The highest BCUT2D eigenvalue weighted by atomic mass is 35.5. The minimum Gasteiger partial charge on any atom is -0.373 e. The molecule has 0 saturated carbocycles. The first-order chi connectivity index (χ1) is 9.10. The summed E-state index contributed by atoms with van der Waals surface area (Å²) >= 11 is 11.8. The molecular weight excluding hydrogens is 285 g/mol. The van der Waals surface area contributed by atoms with E-state index in [2.05, 4.69) is 15.6 Å². The number of nitrogens with one attached hydrogen (secondary N) is 2. The largest absolute Gasteiger partial charge is 0.373 e. The number of pyridine rings is 1. The van der Waals surface area contributed by atoms with E-state index in [0.29, 0.717) is 27.1 Å². The smallest absolute Gasteiger partial charge is 0.255 e. The Labute approximate surface area is 120 Å². The lowest BCUT2D eigenvalue weighted by Gasteiger charge is -2.08. The monoisotopic (exact) mass is 295 g/mol. The predicted molar refractivity (Wildman–Crippen MR) is 78.2 cm³/mol. The number of hydrogen-bond donors (Lipinski definition) is 2. The summed E-state index contributed by atoms with van der Waals surface area (Å²) in [5, 5.41) is 6.50. The average Bonchev–Trinajstić information content (AvgIpc) is 2.42. The van der Waals surface area contributed by atoms with Crippen molar-refractivity contribution in [3.63, 3.8) is 0 Å². The van der Waals surface area contributed by atoms with E-state index >= 15 is 0 Å². The summed E-state index contributed by atoms with van der Waals surface area (Å²) in [6, 6.07) is 8.17. The summed E-state index contributed by atoms with van der Waals surface area (Å²) in [5.41, 5.74) is 1.00. The van der Waals surface area contributed by atoms with Crippen LogP contribution < -0.4 is 10.6 Å². The lowest BCUT2D eigenvalue weighted by atomic mass is 10.2. The number of carbonyl (C=O) groups excluding carboxylic acids is 1. The number of carbonyl (C=O) groups is 1. The van der Waals surface area contributed by atoms with Gasteiger partial charge < -0.3 is 10.6 Å². The molecule has 0 saturated heterocycles. The van der Waals surface area contributed by atoms with E-state index < -0.39 is 0 Å². The molecule has 98 valence electrons. The third kappa shape index (κ3) is 3.36. The molecule has 0 unspecified atom stereocenters. The second-order valence-corrected chi connectivity index (χ2v) is 4.60. The number of halogens is 2. The van der Waals surface area contributed by atoms with Crippen LogP contribution in [-0.4, -0.2) is 17.9 Å². The lowest BCUT2D eigenvalue weighted by molar-refractivity contribution is 0.102. The van der Waals surface area contributed by atoms with Crippen molar-refractivity contribution in [2.45, 2.75) is 0 Å². The van der Waals surface area contributed by atoms with E-state index in [0.717, 1.165) is 0 Å². The van der Waals surface area contributed by atoms with E-state index in [1.165, 1.54) is 0 Å². The maximum atomic E-state index is 12.1. The number of rotatable bonds is 3. The molecule has 1 heterocycles. The summed E-state index contributed by atoms with van der Waals surface area (Å²) in [6.07, 6.45) is 1.56. The molecular formula is C13H11Cl2N3O. The Balaban J connectivity index is 2.20. The van der Waals surface area contributed by atoms with Crippen molar-refractivity contribution in [1.82, 2.24) is 4.98 Å². The molecule has 0 atom stereocenters. The SMILES string of the molecule is CNc1cc(C(=O)Nc2ccc(Cl)cc2Cl)ccn1. The van der Waals surface area contributed by atoms with Gasteiger partial charge in [0.2, 0.25) is 0 Å². The van der Waals surface area contributed by atoms with E-state index in [9.17, 15) is 4.79 Å². The minimum atomic E-state index is -0.261. The highest BCUT2D eigenvalue weighted by molar-refractivity contribution is 6.36. The Bertz CT molecular complexity index is 617. The van der Waals surface area contributed by atoms with Gasteiger partial charge in [-0.3, -0.25) is 4.79 Å². The second-order valence-electron chi connectivity index (χ2n) is 3.76. The summed E-state index contributed by atoms with van der Waals surface area (Å²) < 4.78 is 0. The molecule has 0 aliphatic heterocycles. The van der Waals surface area contributed by atoms with Gasteiger partial charge in [-0.15, -0.1) is 0 Å². The molecule has 6 heteroatoms. The molecule has 1 amide bonds. The molecule has 1 aromatic carbocycles. The van der Waals surface area contributed by atoms with Crippen LogP contribution in [0.3, 0.4) is 0 Å². The van der Waals surface area contributed by atoms with Gasteiger partial charge in [0.05, 0.1) is 10.7 Å². The number of anilines is 2. The predicted octanol–water partition coefficient (Wildman–Crippen LogP) is 3.68. The Morgan fingerprint density at radius 3 is 2.68 bits per heavy atom. The van der Waals surface area contributed by atoms with Crippen LogP contribution >= 0.6 is 23.2 Å². The van der Waals surface area contributed by atoms with Crippen molar-refractivity contribution in [1.29, 1.82) is 0 Å². The van der Waals surface area contributed by atoms with Crippen LogP contribution in [0.1, 0.15) is 10.4 Å². The van der Waals surface area contributed by atoms with Crippen molar-refractivity contribution in [3.05, 3.63) is 52.1 Å². The summed E-state index contributed by atoms with van der Waals surface area (Å²) in [5.74, 6) is 0.359. The van der Waals surface area contributed by atoms with Crippen LogP contribution in [0.5, 0.6) is 0 Å². The molecule has 0 fully saturated rings. The van der Waals surface area contributed by atoms with Crippen molar-refractivity contribution in [2.75, 3.05) is 17.7 Å². The Hall–Kier alpha value is -1.78. The zero-order chi connectivity index (χ0) is 13.8. The highest BCUT2D eigenvalue weighted by Gasteiger charge is 2.09. The quantitative estimate of drug-likeness (QED) is 0.908. The second kappa shape index (κ2) is 5.91. The van der Waals surface area contributed by atoms with Crippen LogP contribution in [0.4, 0.5) is 11.5 Å². The fraction of sp³-hybridized carbons (Fsp3) is 0.0769. The topological polar surface area (TPSA) is 54.0 Å². The van der Waals surface area contributed by atoms with Gasteiger partial charge in [0.25, 0.3) is 5.91 Å². The van der Waals surface area contributed by atoms with E-state index in [1.54, 1.807) is 43.6 Å². The van der Waals surface area contributed by atoms with Crippen molar-refractivity contribution in [2.24, 2.45) is 0 Å². The van der Waals surface area contributed by atoms with E-state index in [1.807, 2.05) is 0 Å². The summed E-state index contributed by atoms with van der Waals surface area (Å²) in [4.78, 5) is 16.1. The molecule has 0 radical (unpaired) electrons. The Morgan fingerprint density at radius 1 is 1.21 bits per heavy atom. The van der Waals surface area contributed by atoms with Gasteiger partial charge >= 0.3 is 0 Å². The fourth-order valence-electron chi connectivity index (χ4n) is 1.49. The Morgan fingerprint density at radius 2 is 2.00 bits per heavy atom. The van der Waals surface area contributed by atoms with Crippen LogP contribution in [0.2, 0.25) is 10.0 Å². The highest BCUT2D eigenvalue weighted by Crippen LogP contribution is 2.25. The molecule has 19 heavy (non-hydrogen) atoms. The van der Waals surface area contributed by atoms with Gasteiger partial charge in [0, 0.05) is 23.8 Å². The summed E-state index contributed by atoms with van der Waals surface area (Å²) in [6.45, 7) is 0. The first-order valence-electron chi connectivity index (χ1n) is 5.50. The maximum absolute atomic E-state index is 12.1. The molecule has 0 aliphatic carbocycles. The normalized spacial score (nSPS) is 10.1. The summed E-state index contributed by atoms with van der Waals surface area (Å²) in [7, 11) is 1.74. The van der Waals surface area contributed by atoms with Crippen LogP contribution in [-0.2, 0) is 0 Å². The Kier molecular flexibility index (Phi) is 4.24. The van der Waals surface area contributed by atoms with Gasteiger partial charge in [-0.25, -0.2) is 4.98 Å². The fourth-order valence-corrected chi connectivity index (χ4v) is 1.95. The first-order valence-corrected chi connectivity index (χ1v) is 6.26. The van der Waals surface area contributed by atoms with E-state index in [4.69, 9.17) is 23.2 Å².